The molecule has 1 saturated carbocycles. The SMILES string of the molecule is CCOC1(c2nc(C)c(I)c(NC)n2)CCCCC1. The minimum absolute atomic E-state index is 0.270. The molecule has 5 heteroatoms. The van der Waals surface area contributed by atoms with Crippen LogP contribution in [0.4, 0.5) is 5.82 Å². The number of halogens is 1. The van der Waals surface area contributed by atoms with Crippen LogP contribution in [0.15, 0.2) is 0 Å². The molecule has 0 amide bonds. The molecule has 19 heavy (non-hydrogen) atoms. The highest BCUT2D eigenvalue weighted by Crippen LogP contribution is 2.39. The summed E-state index contributed by atoms with van der Waals surface area (Å²) in [5, 5.41) is 3.16. The molecule has 0 aromatic carbocycles. The van der Waals surface area contributed by atoms with Crippen molar-refractivity contribution in [3.63, 3.8) is 0 Å². The van der Waals surface area contributed by atoms with Gasteiger partial charge in [-0.2, -0.15) is 0 Å². The van der Waals surface area contributed by atoms with Gasteiger partial charge in [-0.25, -0.2) is 9.97 Å². The van der Waals surface area contributed by atoms with Crippen LogP contribution < -0.4 is 5.32 Å². The van der Waals surface area contributed by atoms with Gasteiger partial charge >= 0.3 is 0 Å². The third-order valence-corrected chi connectivity index (χ3v) is 5.03. The Morgan fingerprint density at radius 1 is 1.26 bits per heavy atom. The standard InChI is InChI=1S/C14H22IN3O/c1-4-19-14(8-6-5-7-9-14)13-17-10(2)11(15)12(16-3)18-13/h4-9H2,1-3H3,(H,16,17,18). The van der Waals surface area contributed by atoms with Gasteiger partial charge in [-0.05, 0) is 49.3 Å². The fraction of sp³-hybridized carbons (Fsp3) is 0.714. The summed E-state index contributed by atoms with van der Waals surface area (Å²) in [7, 11) is 1.90. The van der Waals surface area contributed by atoms with Crippen molar-refractivity contribution in [3.8, 4) is 0 Å². The molecule has 0 spiro atoms. The Labute approximate surface area is 128 Å². The molecule has 1 heterocycles. The molecule has 1 aliphatic carbocycles. The second kappa shape index (κ2) is 6.35. The molecule has 1 aromatic rings. The topological polar surface area (TPSA) is 47.0 Å². The lowest BCUT2D eigenvalue weighted by Gasteiger charge is -2.36. The van der Waals surface area contributed by atoms with Crippen LogP contribution in [-0.2, 0) is 10.3 Å². The Morgan fingerprint density at radius 3 is 2.53 bits per heavy atom. The smallest absolute Gasteiger partial charge is 0.162 e. The third kappa shape index (κ3) is 3.02. The van der Waals surface area contributed by atoms with Gasteiger partial charge in [0.05, 0.1) is 9.26 Å². The maximum atomic E-state index is 6.10. The van der Waals surface area contributed by atoms with Crippen molar-refractivity contribution in [2.45, 2.75) is 51.6 Å². The number of hydrogen-bond acceptors (Lipinski definition) is 4. The zero-order valence-electron chi connectivity index (χ0n) is 11.9. The van der Waals surface area contributed by atoms with Crippen LogP contribution in [0.1, 0.15) is 50.5 Å². The predicted molar refractivity (Wildman–Crippen MR) is 85.4 cm³/mol. The average Bonchev–Trinajstić information content (AvgIpc) is 2.43. The van der Waals surface area contributed by atoms with Gasteiger partial charge in [0.25, 0.3) is 0 Å². The lowest BCUT2D eigenvalue weighted by molar-refractivity contribution is -0.0767. The van der Waals surface area contributed by atoms with E-state index in [-0.39, 0.29) is 5.60 Å². The average molecular weight is 375 g/mol. The first-order chi connectivity index (χ1) is 9.13. The third-order valence-electron chi connectivity index (χ3n) is 3.74. The van der Waals surface area contributed by atoms with Gasteiger partial charge < -0.3 is 10.1 Å². The van der Waals surface area contributed by atoms with Crippen LogP contribution in [0.2, 0.25) is 0 Å². The van der Waals surface area contributed by atoms with Crippen molar-refractivity contribution in [2.24, 2.45) is 0 Å². The van der Waals surface area contributed by atoms with Gasteiger partial charge in [0, 0.05) is 13.7 Å². The van der Waals surface area contributed by atoms with Crippen LogP contribution in [0.25, 0.3) is 0 Å². The quantitative estimate of drug-likeness (QED) is 0.817. The summed E-state index contributed by atoms with van der Waals surface area (Å²) in [5.74, 6) is 1.77. The first kappa shape index (κ1) is 15.0. The molecule has 0 radical (unpaired) electrons. The Hall–Kier alpha value is -0.430. The van der Waals surface area contributed by atoms with Crippen LogP contribution in [0, 0.1) is 10.5 Å². The molecule has 1 aliphatic rings. The zero-order valence-corrected chi connectivity index (χ0v) is 14.1. The van der Waals surface area contributed by atoms with Crippen LogP contribution >= 0.6 is 22.6 Å². The monoisotopic (exact) mass is 375 g/mol. The fourth-order valence-corrected chi connectivity index (χ4v) is 3.27. The summed E-state index contributed by atoms with van der Waals surface area (Å²) in [6.45, 7) is 4.80. The molecule has 1 aromatic heterocycles. The van der Waals surface area contributed by atoms with Crippen molar-refractivity contribution in [1.82, 2.24) is 9.97 Å². The summed E-state index contributed by atoms with van der Waals surface area (Å²) in [5.41, 5.74) is 0.757. The highest BCUT2D eigenvalue weighted by molar-refractivity contribution is 14.1. The van der Waals surface area contributed by atoms with Gasteiger partial charge in [0.1, 0.15) is 11.4 Å². The van der Waals surface area contributed by atoms with Gasteiger partial charge in [-0.1, -0.05) is 19.3 Å². The molecule has 0 unspecified atom stereocenters. The van der Waals surface area contributed by atoms with Crippen LogP contribution in [0.3, 0.4) is 0 Å². The Balaban J connectivity index is 2.44. The molecular weight excluding hydrogens is 353 g/mol. The van der Waals surface area contributed by atoms with Crippen molar-refractivity contribution in [3.05, 3.63) is 15.1 Å². The Bertz CT molecular complexity index is 439. The number of nitrogens with zero attached hydrogens (tertiary/aromatic N) is 2. The minimum atomic E-state index is -0.270. The van der Waals surface area contributed by atoms with E-state index in [4.69, 9.17) is 14.7 Å². The Kier molecular flexibility index (Phi) is 5.00. The van der Waals surface area contributed by atoms with E-state index >= 15 is 0 Å². The van der Waals surface area contributed by atoms with Crippen LogP contribution in [0.5, 0.6) is 0 Å². The molecule has 1 N–H and O–H groups in total. The lowest BCUT2D eigenvalue weighted by atomic mass is 9.83. The normalized spacial score (nSPS) is 18.3. The summed E-state index contributed by atoms with van der Waals surface area (Å²) in [6.07, 6.45) is 5.75. The minimum Gasteiger partial charge on any atom is -0.372 e. The van der Waals surface area contributed by atoms with Crippen LogP contribution in [-0.4, -0.2) is 23.6 Å². The molecule has 0 atom stereocenters. The zero-order chi connectivity index (χ0) is 13.9. The Morgan fingerprint density at radius 2 is 1.95 bits per heavy atom. The highest BCUT2D eigenvalue weighted by Gasteiger charge is 2.38. The van der Waals surface area contributed by atoms with E-state index in [0.29, 0.717) is 6.61 Å². The number of nitrogens with one attached hydrogen (secondary N) is 1. The second-order valence-electron chi connectivity index (χ2n) is 5.03. The number of anilines is 1. The molecule has 2 rings (SSSR count). The van der Waals surface area contributed by atoms with Crippen molar-refractivity contribution in [2.75, 3.05) is 19.0 Å². The first-order valence-electron chi connectivity index (χ1n) is 6.99. The first-order valence-corrected chi connectivity index (χ1v) is 8.07. The van der Waals surface area contributed by atoms with E-state index in [0.717, 1.165) is 33.7 Å². The van der Waals surface area contributed by atoms with Crippen molar-refractivity contribution >= 4 is 28.4 Å². The molecule has 1 fully saturated rings. The maximum Gasteiger partial charge on any atom is 0.162 e. The molecule has 0 aliphatic heterocycles. The van der Waals surface area contributed by atoms with E-state index < -0.39 is 0 Å². The summed E-state index contributed by atoms with van der Waals surface area (Å²) < 4.78 is 7.18. The van der Waals surface area contributed by atoms with E-state index in [1.807, 2.05) is 14.0 Å². The molecule has 0 saturated heterocycles. The van der Waals surface area contributed by atoms with Crippen molar-refractivity contribution in [1.29, 1.82) is 0 Å². The summed E-state index contributed by atoms with van der Waals surface area (Å²) in [6, 6.07) is 0. The van der Waals surface area contributed by atoms with Gasteiger partial charge in [-0.15, -0.1) is 0 Å². The fourth-order valence-electron chi connectivity index (χ4n) is 2.76. The number of aryl methyl sites for hydroxylation is 1. The second-order valence-corrected chi connectivity index (χ2v) is 6.11. The molecule has 0 bridgehead atoms. The van der Waals surface area contributed by atoms with Crippen molar-refractivity contribution < 1.29 is 4.74 Å². The van der Waals surface area contributed by atoms with E-state index in [2.05, 4.69) is 34.8 Å². The van der Waals surface area contributed by atoms with E-state index in [1.165, 1.54) is 19.3 Å². The molecular formula is C14H22IN3O. The summed E-state index contributed by atoms with van der Waals surface area (Å²) >= 11 is 2.29. The highest BCUT2D eigenvalue weighted by atomic mass is 127. The van der Waals surface area contributed by atoms with E-state index in [1.54, 1.807) is 0 Å². The number of ether oxygens (including phenoxy) is 1. The largest absolute Gasteiger partial charge is 0.372 e. The van der Waals surface area contributed by atoms with Gasteiger partial charge in [0.2, 0.25) is 0 Å². The lowest BCUT2D eigenvalue weighted by Crippen LogP contribution is -2.35. The van der Waals surface area contributed by atoms with Gasteiger partial charge in [0.15, 0.2) is 5.82 Å². The predicted octanol–water partition coefficient (Wildman–Crippen LogP) is 3.63. The summed E-state index contributed by atoms with van der Waals surface area (Å²) in [4.78, 5) is 9.42. The molecule has 106 valence electrons. The number of rotatable bonds is 4. The number of hydrogen-bond donors (Lipinski definition) is 1. The maximum absolute atomic E-state index is 6.10. The number of aromatic nitrogens is 2. The molecule has 4 nitrogen and oxygen atoms in total. The van der Waals surface area contributed by atoms with E-state index in [9.17, 15) is 0 Å². The van der Waals surface area contributed by atoms with Gasteiger partial charge in [-0.3, -0.25) is 0 Å².